The van der Waals surface area contributed by atoms with Crippen molar-refractivity contribution in [2.75, 3.05) is 30.8 Å². The van der Waals surface area contributed by atoms with Gasteiger partial charge in [0.2, 0.25) is 5.91 Å². The maximum atomic E-state index is 13.2. The summed E-state index contributed by atoms with van der Waals surface area (Å²) in [6.45, 7) is 6.65. The minimum atomic E-state index is -0.703. The van der Waals surface area contributed by atoms with E-state index in [9.17, 15) is 19.2 Å². The van der Waals surface area contributed by atoms with E-state index >= 15 is 0 Å². The molecule has 0 bridgehead atoms. The predicted octanol–water partition coefficient (Wildman–Crippen LogP) is 2.13. The minimum absolute atomic E-state index is 0.0302. The number of carbonyl (C=O) groups excluding carboxylic acids is 2. The van der Waals surface area contributed by atoms with Crippen molar-refractivity contribution in [3.8, 4) is 5.75 Å². The van der Waals surface area contributed by atoms with Crippen molar-refractivity contribution in [3.05, 3.63) is 50.7 Å². The molecule has 2 rings (SSSR count). The molecule has 10 nitrogen and oxygen atoms in total. The van der Waals surface area contributed by atoms with Crippen molar-refractivity contribution < 1.29 is 14.3 Å². The predicted molar refractivity (Wildman–Crippen MR) is 132 cm³/mol. The van der Waals surface area contributed by atoms with Crippen molar-refractivity contribution in [1.29, 1.82) is 0 Å². The summed E-state index contributed by atoms with van der Waals surface area (Å²) in [5, 5.41) is 2.71. The zero-order chi connectivity index (χ0) is 25.3. The molecule has 0 fully saturated rings. The lowest BCUT2D eigenvalue weighted by atomic mass is 10.1. The van der Waals surface area contributed by atoms with Crippen LogP contribution in [0.2, 0.25) is 0 Å². The standard InChI is InChI=1S/C24H35N5O5/c1-5-6-14-29-21(25)20(23(32)27-24(29)33)28(15-12-16(2)3)19(30)11-13-26-22(31)17-9-7-8-10-18(17)34-4/h7-10,16H,5-6,11-15,25H2,1-4H3,(H,26,31)(H,27,32,33). The van der Waals surface area contributed by atoms with Crippen molar-refractivity contribution >= 4 is 23.3 Å². The Morgan fingerprint density at radius 3 is 2.59 bits per heavy atom. The first-order valence-electron chi connectivity index (χ1n) is 11.5. The number of ether oxygens (including phenoxy) is 1. The maximum Gasteiger partial charge on any atom is 0.330 e. The number of aromatic amines is 1. The Hall–Kier alpha value is -3.56. The summed E-state index contributed by atoms with van der Waals surface area (Å²) in [7, 11) is 1.48. The molecule has 34 heavy (non-hydrogen) atoms. The summed E-state index contributed by atoms with van der Waals surface area (Å²) < 4.78 is 6.49. The number of anilines is 2. The van der Waals surface area contributed by atoms with Crippen molar-refractivity contribution in [2.24, 2.45) is 5.92 Å². The normalized spacial score (nSPS) is 10.9. The molecule has 0 spiro atoms. The number of para-hydroxylation sites is 1. The summed E-state index contributed by atoms with van der Waals surface area (Å²) in [4.78, 5) is 54.3. The van der Waals surface area contributed by atoms with E-state index in [1.165, 1.54) is 16.6 Å². The third kappa shape index (κ3) is 6.72. The highest BCUT2D eigenvalue weighted by atomic mass is 16.5. The van der Waals surface area contributed by atoms with Crippen LogP contribution in [0.5, 0.6) is 5.75 Å². The maximum absolute atomic E-state index is 13.2. The third-order valence-electron chi connectivity index (χ3n) is 5.43. The highest BCUT2D eigenvalue weighted by Gasteiger charge is 2.24. The van der Waals surface area contributed by atoms with E-state index in [1.54, 1.807) is 24.3 Å². The number of amides is 2. The van der Waals surface area contributed by atoms with Crippen LogP contribution >= 0.6 is 0 Å². The second-order valence-electron chi connectivity index (χ2n) is 8.43. The van der Waals surface area contributed by atoms with Crippen LogP contribution < -0.4 is 31.9 Å². The second-order valence-corrected chi connectivity index (χ2v) is 8.43. The molecule has 2 aromatic rings. The molecule has 0 aliphatic carbocycles. The number of hydrogen-bond donors (Lipinski definition) is 3. The summed E-state index contributed by atoms with van der Waals surface area (Å²) in [6.07, 6.45) is 2.12. The van der Waals surface area contributed by atoms with Crippen LogP contribution in [-0.4, -0.2) is 41.6 Å². The van der Waals surface area contributed by atoms with Gasteiger partial charge in [-0.15, -0.1) is 0 Å². The fourth-order valence-corrected chi connectivity index (χ4v) is 3.47. The Morgan fingerprint density at radius 1 is 1.24 bits per heavy atom. The molecule has 1 aromatic heterocycles. The molecule has 0 saturated carbocycles. The lowest BCUT2D eigenvalue weighted by Crippen LogP contribution is -2.42. The quantitative estimate of drug-likeness (QED) is 0.431. The molecule has 4 N–H and O–H groups in total. The zero-order valence-corrected chi connectivity index (χ0v) is 20.3. The van der Waals surface area contributed by atoms with Gasteiger partial charge in [-0.05, 0) is 30.9 Å². The van der Waals surface area contributed by atoms with Gasteiger partial charge in [-0.2, -0.15) is 0 Å². The van der Waals surface area contributed by atoms with Gasteiger partial charge in [0.1, 0.15) is 11.6 Å². The number of nitrogens with one attached hydrogen (secondary N) is 2. The Kier molecular flexibility index (Phi) is 9.91. The number of unbranched alkanes of at least 4 members (excludes halogenated alkanes) is 1. The van der Waals surface area contributed by atoms with Gasteiger partial charge >= 0.3 is 5.69 Å². The van der Waals surface area contributed by atoms with E-state index in [0.29, 0.717) is 30.7 Å². The number of nitrogen functional groups attached to an aromatic ring is 1. The van der Waals surface area contributed by atoms with Crippen LogP contribution in [0.4, 0.5) is 11.5 Å². The van der Waals surface area contributed by atoms with Crippen LogP contribution in [0, 0.1) is 5.92 Å². The van der Waals surface area contributed by atoms with Crippen molar-refractivity contribution in [3.63, 3.8) is 0 Å². The first-order chi connectivity index (χ1) is 16.2. The number of carbonyl (C=O) groups is 2. The topological polar surface area (TPSA) is 140 Å². The average molecular weight is 474 g/mol. The smallest absolute Gasteiger partial charge is 0.330 e. The van der Waals surface area contributed by atoms with Crippen LogP contribution in [0.3, 0.4) is 0 Å². The first kappa shape index (κ1) is 26.7. The van der Waals surface area contributed by atoms with Gasteiger partial charge in [-0.1, -0.05) is 39.3 Å². The molecule has 0 aliphatic heterocycles. The van der Waals surface area contributed by atoms with Crippen molar-refractivity contribution in [2.45, 2.75) is 53.0 Å². The van der Waals surface area contributed by atoms with Gasteiger partial charge in [0.05, 0.1) is 12.7 Å². The van der Waals surface area contributed by atoms with Crippen LogP contribution in [0.1, 0.15) is 56.8 Å². The molecule has 0 saturated heterocycles. The zero-order valence-electron chi connectivity index (χ0n) is 20.3. The molecule has 186 valence electrons. The highest BCUT2D eigenvalue weighted by Crippen LogP contribution is 2.20. The van der Waals surface area contributed by atoms with Crippen LogP contribution in [0.25, 0.3) is 0 Å². The summed E-state index contributed by atoms with van der Waals surface area (Å²) in [6, 6.07) is 6.79. The van der Waals surface area contributed by atoms with Crippen LogP contribution in [-0.2, 0) is 11.3 Å². The Morgan fingerprint density at radius 2 is 1.94 bits per heavy atom. The molecule has 0 aliphatic rings. The molecule has 2 amide bonds. The lowest BCUT2D eigenvalue weighted by Gasteiger charge is -2.25. The minimum Gasteiger partial charge on any atom is -0.496 e. The lowest BCUT2D eigenvalue weighted by molar-refractivity contribution is -0.118. The fraction of sp³-hybridized carbons (Fsp3) is 0.500. The Bertz CT molecular complexity index is 1110. The van der Waals surface area contributed by atoms with E-state index in [4.69, 9.17) is 10.5 Å². The van der Waals surface area contributed by atoms with E-state index in [-0.39, 0.29) is 48.7 Å². The number of hydrogen-bond acceptors (Lipinski definition) is 6. The number of benzene rings is 1. The number of rotatable bonds is 12. The number of methoxy groups -OCH3 is 1. The first-order valence-corrected chi connectivity index (χ1v) is 11.5. The molecule has 10 heteroatoms. The highest BCUT2D eigenvalue weighted by molar-refractivity contribution is 5.98. The van der Waals surface area contributed by atoms with Gasteiger partial charge in [-0.25, -0.2) is 4.79 Å². The summed E-state index contributed by atoms with van der Waals surface area (Å²) in [5.41, 5.74) is 5.25. The largest absolute Gasteiger partial charge is 0.496 e. The second kappa shape index (κ2) is 12.6. The van der Waals surface area contributed by atoms with Gasteiger partial charge in [0.25, 0.3) is 11.5 Å². The SMILES string of the molecule is CCCCn1c(N)c(N(CCC(C)C)C(=O)CCNC(=O)c2ccccc2OC)c(=O)[nH]c1=O. The van der Waals surface area contributed by atoms with Crippen LogP contribution in [0.15, 0.2) is 33.9 Å². The number of nitrogens with two attached hydrogens (primary N) is 1. The number of aromatic nitrogens is 2. The van der Waals surface area contributed by atoms with E-state index < -0.39 is 11.2 Å². The number of nitrogens with zero attached hydrogens (tertiary/aromatic N) is 2. The summed E-state index contributed by atoms with van der Waals surface area (Å²) in [5.74, 6) is -0.0777. The van der Waals surface area contributed by atoms with E-state index in [2.05, 4.69) is 10.3 Å². The molecular formula is C24H35N5O5. The number of H-pyrrole nitrogens is 1. The third-order valence-corrected chi connectivity index (χ3v) is 5.43. The van der Waals surface area contributed by atoms with Gasteiger partial charge in [0.15, 0.2) is 5.69 Å². The average Bonchev–Trinajstić information content (AvgIpc) is 2.80. The molecule has 1 heterocycles. The van der Waals surface area contributed by atoms with Crippen molar-refractivity contribution in [1.82, 2.24) is 14.9 Å². The van der Waals surface area contributed by atoms with Gasteiger partial charge < -0.3 is 20.7 Å². The Labute approximate surface area is 199 Å². The van der Waals surface area contributed by atoms with Gasteiger partial charge in [0, 0.05) is 26.1 Å². The fourth-order valence-electron chi connectivity index (χ4n) is 3.47. The Balaban J connectivity index is 2.24. The molecule has 0 radical (unpaired) electrons. The van der Waals surface area contributed by atoms with E-state index in [0.717, 1.165) is 6.42 Å². The van der Waals surface area contributed by atoms with Gasteiger partial charge in [-0.3, -0.25) is 23.9 Å². The molecule has 1 aromatic carbocycles. The molecule has 0 unspecified atom stereocenters. The van der Waals surface area contributed by atoms with E-state index in [1.807, 2.05) is 20.8 Å². The molecule has 0 atom stereocenters. The summed E-state index contributed by atoms with van der Waals surface area (Å²) >= 11 is 0. The molecular weight excluding hydrogens is 438 g/mol. The monoisotopic (exact) mass is 473 g/mol.